The normalized spacial score (nSPS) is 20.5. The molecule has 0 radical (unpaired) electrons. The molecule has 2 nitrogen and oxygen atoms in total. The summed E-state index contributed by atoms with van der Waals surface area (Å²) in [6.07, 6.45) is 8.86. The minimum Gasteiger partial charge on any atom is -0.410 e. The number of benzene rings is 1. The number of hydrogen-bond donors (Lipinski definition) is 0. The van der Waals surface area contributed by atoms with Gasteiger partial charge >= 0.3 is 0 Å². The highest BCUT2D eigenvalue weighted by Crippen LogP contribution is 2.38. The van der Waals surface area contributed by atoms with E-state index in [-0.39, 0.29) is 11.1 Å². The van der Waals surface area contributed by atoms with Crippen LogP contribution in [-0.2, 0) is 15.6 Å². The van der Waals surface area contributed by atoms with Crippen molar-refractivity contribution in [2.24, 2.45) is 5.92 Å². The van der Waals surface area contributed by atoms with Crippen molar-refractivity contribution < 1.29 is 9.22 Å². The van der Waals surface area contributed by atoms with Gasteiger partial charge in [0.05, 0.1) is 6.10 Å². The van der Waals surface area contributed by atoms with Crippen LogP contribution in [-0.4, -0.2) is 20.2 Å². The van der Waals surface area contributed by atoms with E-state index in [1.165, 1.54) is 5.56 Å². The van der Waals surface area contributed by atoms with E-state index in [2.05, 4.69) is 58.2 Å². The third-order valence-corrected chi connectivity index (χ3v) is 10.5. The fourth-order valence-corrected chi connectivity index (χ4v) is 4.46. The lowest BCUT2D eigenvalue weighted by molar-refractivity contribution is -0.121. The molecule has 1 aliphatic rings. The molecule has 0 spiro atoms. The smallest absolute Gasteiger partial charge is 0.192 e. The average molecular weight is 393 g/mol. The van der Waals surface area contributed by atoms with E-state index in [9.17, 15) is 4.79 Å². The molecule has 2 rings (SSSR count). The van der Waals surface area contributed by atoms with Gasteiger partial charge in [0, 0.05) is 24.3 Å². The van der Waals surface area contributed by atoms with Crippen LogP contribution < -0.4 is 0 Å². The number of hydrogen-bond acceptors (Lipinski definition) is 2. The third kappa shape index (κ3) is 6.36. The maximum atomic E-state index is 11.7. The molecule has 2 atom stereocenters. The standard InChI is InChI=1S/C22H33ClO2Si/c1-22(2,3)26(4,5)25-21(16-18-9-12-19(23)13-10-18)14-11-17-7-6-8-20(24)15-17/h9-14,17,21H,6-8,15-16H2,1-5H3. The Hall–Kier alpha value is -0.903. The van der Waals surface area contributed by atoms with Crippen molar-refractivity contribution in [2.75, 3.05) is 0 Å². The molecule has 0 amide bonds. The third-order valence-electron chi connectivity index (χ3n) is 5.72. The molecule has 1 saturated carbocycles. The predicted molar refractivity (Wildman–Crippen MR) is 113 cm³/mol. The summed E-state index contributed by atoms with van der Waals surface area (Å²) in [6.45, 7) is 11.4. The van der Waals surface area contributed by atoms with Crippen molar-refractivity contribution in [1.82, 2.24) is 0 Å². The zero-order valence-corrected chi connectivity index (χ0v) is 18.6. The van der Waals surface area contributed by atoms with E-state index in [0.29, 0.717) is 18.1 Å². The maximum Gasteiger partial charge on any atom is 0.192 e. The monoisotopic (exact) mass is 392 g/mol. The minimum atomic E-state index is -1.88. The summed E-state index contributed by atoms with van der Waals surface area (Å²) >= 11 is 6.02. The number of halogens is 1. The first-order chi connectivity index (χ1) is 12.1. The lowest BCUT2D eigenvalue weighted by Gasteiger charge is -2.39. The zero-order valence-electron chi connectivity index (χ0n) is 16.8. The van der Waals surface area contributed by atoms with E-state index in [0.717, 1.165) is 30.7 Å². The first kappa shape index (κ1) is 21.4. The molecule has 4 heteroatoms. The highest BCUT2D eigenvalue weighted by atomic mass is 35.5. The van der Waals surface area contributed by atoms with Crippen molar-refractivity contribution in [1.29, 1.82) is 0 Å². The number of carbonyl (C=O) groups excluding carboxylic acids is 1. The maximum absolute atomic E-state index is 11.7. The van der Waals surface area contributed by atoms with E-state index < -0.39 is 8.32 Å². The second-order valence-electron chi connectivity index (χ2n) is 9.03. The highest BCUT2D eigenvalue weighted by molar-refractivity contribution is 6.74. The number of rotatable bonds is 6. The van der Waals surface area contributed by atoms with Crippen molar-refractivity contribution in [3.8, 4) is 0 Å². The second kappa shape index (κ2) is 8.86. The molecule has 0 heterocycles. The molecule has 26 heavy (non-hydrogen) atoms. The van der Waals surface area contributed by atoms with Crippen molar-refractivity contribution >= 4 is 25.7 Å². The van der Waals surface area contributed by atoms with Gasteiger partial charge in [-0.25, -0.2) is 0 Å². The Bertz CT molecular complexity index is 629. The largest absolute Gasteiger partial charge is 0.410 e. The van der Waals surface area contributed by atoms with E-state index in [1.54, 1.807) is 0 Å². The molecule has 1 aromatic carbocycles. The molecule has 1 fully saturated rings. The van der Waals surface area contributed by atoms with Gasteiger partial charge < -0.3 is 4.43 Å². The van der Waals surface area contributed by atoms with E-state index in [4.69, 9.17) is 16.0 Å². The van der Waals surface area contributed by atoms with Gasteiger partial charge in [-0.3, -0.25) is 4.79 Å². The van der Waals surface area contributed by atoms with Gasteiger partial charge in [0.25, 0.3) is 0 Å². The zero-order chi connectivity index (χ0) is 19.4. The molecule has 0 saturated heterocycles. The number of carbonyl (C=O) groups is 1. The Balaban J connectivity index is 2.14. The van der Waals surface area contributed by atoms with Crippen LogP contribution >= 0.6 is 11.6 Å². The fraction of sp³-hybridized carbons (Fsp3) is 0.591. The summed E-state index contributed by atoms with van der Waals surface area (Å²) in [5, 5.41) is 0.923. The topological polar surface area (TPSA) is 26.3 Å². The molecular weight excluding hydrogens is 360 g/mol. The summed E-state index contributed by atoms with van der Waals surface area (Å²) in [7, 11) is -1.88. The Morgan fingerprint density at radius 2 is 1.92 bits per heavy atom. The van der Waals surface area contributed by atoms with Gasteiger partial charge in [-0.1, -0.05) is 56.7 Å². The lowest BCUT2D eigenvalue weighted by Crippen LogP contribution is -2.44. The summed E-state index contributed by atoms with van der Waals surface area (Å²) < 4.78 is 6.69. The van der Waals surface area contributed by atoms with Crippen molar-refractivity contribution in [2.45, 2.75) is 77.1 Å². The minimum absolute atomic E-state index is 0.0362. The molecule has 0 aliphatic heterocycles. The van der Waals surface area contributed by atoms with Crippen LogP contribution in [0, 0.1) is 5.92 Å². The van der Waals surface area contributed by atoms with Crippen LogP contribution in [0.2, 0.25) is 23.2 Å². The summed E-state index contributed by atoms with van der Waals surface area (Å²) in [6, 6.07) is 8.01. The summed E-state index contributed by atoms with van der Waals surface area (Å²) in [5.41, 5.74) is 1.22. The van der Waals surface area contributed by atoms with Gasteiger partial charge in [-0.2, -0.15) is 0 Å². The van der Waals surface area contributed by atoms with Crippen molar-refractivity contribution in [3.63, 3.8) is 0 Å². The summed E-state index contributed by atoms with van der Waals surface area (Å²) in [5.74, 6) is 0.762. The van der Waals surface area contributed by atoms with Crippen LogP contribution in [0.15, 0.2) is 36.4 Å². The molecule has 2 unspecified atom stereocenters. The molecule has 144 valence electrons. The Morgan fingerprint density at radius 3 is 2.50 bits per heavy atom. The van der Waals surface area contributed by atoms with Gasteiger partial charge in [-0.15, -0.1) is 0 Å². The van der Waals surface area contributed by atoms with E-state index in [1.807, 2.05) is 12.1 Å². The predicted octanol–water partition coefficient (Wildman–Crippen LogP) is 6.59. The Labute approximate surface area is 165 Å². The van der Waals surface area contributed by atoms with Crippen LogP contribution in [0.1, 0.15) is 52.0 Å². The second-order valence-corrected chi connectivity index (χ2v) is 14.2. The molecule has 1 aliphatic carbocycles. The fourth-order valence-electron chi connectivity index (χ4n) is 3.06. The van der Waals surface area contributed by atoms with Crippen LogP contribution in [0.4, 0.5) is 0 Å². The van der Waals surface area contributed by atoms with Crippen molar-refractivity contribution in [3.05, 3.63) is 47.0 Å². The molecule has 0 bridgehead atoms. The SMILES string of the molecule is CC(C)(C)[Si](C)(C)OC(C=CC1CCCC(=O)C1)Cc1ccc(Cl)cc1. The lowest BCUT2D eigenvalue weighted by atomic mass is 9.88. The molecular formula is C22H33ClO2Si. The number of allylic oxidation sites excluding steroid dienone is 1. The van der Waals surface area contributed by atoms with Crippen LogP contribution in [0.5, 0.6) is 0 Å². The Morgan fingerprint density at radius 1 is 1.27 bits per heavy atom. The molecule has 0 N–H and O–H groups in total. The molecule has 1 aromatic rings. The number of ketones is 1. The van der Waals surface area contributed by atoms with Gasteiger partial charge in [0.1, 0.15) is 5.78 Å². The highest BCUT2D eigenvalue weighted by Gasteiger charge is 2.38. The van der Waals surface area contributed by atoms with Gasteiger partial charge in [0.2, 0.25) is 0 Å². The van der Waals surface area contributed by atoms with Gasteiger partial charge in [0.15, 0.2) is 8.32 Å². The van der Waals surface area contributed by atoms with Gasteiger partial charge in [-0.05, 0) is 54.6 Å². The summed E-state index contributed by atoms with van der Waals surface area (Å²) in [4.78, 5) is 11.7. The number of Topliss-reactive ketones (excluding diaryl/α,β-unsaturated/α-hetero) is 1. The van der Waals surface area contributed by atoms with Crippen LogP contribution in [0.3, 0.4) is 0 Å². The molecule has 0 aromatic heterocycles. The Kier molecular flexibility index (Phi) is 7.29. The average Bonchev–Trinajstić information content (AvgIpc) is 2.53. The first-order valence-corrected chi connectivity index (χ1v) is 13.0. The van der Waals surface area contributed by atoms with E-state index >= 15 is 0 Å². The first-order valence-electron chi connectivity index (χ1n) is 9.69. The van der Waals surface area contributed by atoms with Crippen LogP contribution in [0.25, 0.3) is 0 Å². The quantitative estimate of drug-likeness (QED) is 0.403.